The first-order valence-corrected chi connectivity index (χ1v) is 7.82. The zero-order valence-corrected chi connectivity index (χ0v) is 13.1. The summed E-state index contributed by atoms with van der Waals surface area (Å²) >= 11 is 1.64. The van der Waals surface area contributed by atoms with Crippen LogP contribution in [0.4, 0.5) is 5.00 Å². The first-order chi connectivity index (χ1) is 9.52. The smallest absolute Gasteiger partial charge is 0.239 e. The van der Waals surface area contributed by atoms with Crippen LogP contribution in [-0.4, -0.2) is 29.9 Å². The van der Waals surface area contributed by atoms with Crippen molar-refractivity contribution in [2.24, 2.45) is 0 Å². The largest absolute Gasteiger partial charge is 0.316 e. The summed E-state index contributed by atoms with van der Waals surface area (Å²) in [7, 11) is 0. The Bertz CT molecular complexity index is 540. The molecule has 1 amide bonds. The highest BCUT2D eigenvalue weighted by atomic mass is 32.1. The van der Waals surface area contributed by atoms with Crippen LogP contribution in [0.3, 0.4) is 0 Å². The molecule has 1 saturated carbocycles. The molecule has 0 bridgehead atoms. The minimum absolute atomic E-state index is 0.0270. The summed E-state index contributed by atoms with van der Waals surface area (Å²) in [5.41, 5.74) is 2.42. The fraction of sp³-hybridized carbons (Fsp3) is 0.600. The molecule has 0 aliphatic heterocycles. The van der Waals surface area contributed by atoms with Crippen LogP contribution in [0.15, 0.2) is 0 Å². The number of amides is 1. The van der Waals surface area contributed by atoms with Crippen molar-refractivity contribution in [3.8, 4) is 6.07 Å². The second-order valence-corrected chi connectivity index (χ2v) is 6.62. The Balaban J connectivity index is 1.93. The Morgan fingerprint density at radius 1 is 1.40 bits per heavy atom. The monoisotopic (exact) mass is 291 g/mol. The third kappa shape index (κ3) is 3.59. The first kappa shape index (κ1) is 15.0. The highest BCUT2D eigenvalue weighted by Crippen LogP contribution is 2.31. The number of hydrogen-bond acceptors (Lipinski definition) is 4. The van der Waals surface area contributed by atoms with Crippen LogP contribution in [0.5, 0.6) is 0 Å². The van der Waals surface area contributed by atoms with Crippen molar-refractivity contribution in [1.82, 2.24) is 4.90 Å². The predicted molar refractivity (Wildman–Crippen MR) is 82.0 cm³/mol. The molecule has 4 nitrogen and oxygen atoms in total. The Kier molecular flexibility index (Phi) is 4.79. The Labute approximate surface area is 124 Å². The number of carbonyl (C=O) groups excluding carboxylic acids is 1. The molecule has 5 heteroatoms. The van der Waals surface area contributed by atoms with Crippen LogP contribution < -0.4 is 5.32 Å². The van der Waals surface area contributed by atoms with Crippen molar-refractivity contribution in [3.63, 3.8) is 0 Å². The maximum absolute atomic E-state index is 12.2. The molecule has 0 atom stereocenters. The van der Waals surface area contributed by atoms with Gasteiger partial charge in [0, 0.05) is 23.9 Å². The second-order valence-electron chi connectivity index (χ2n) is 5.40. The third-order valence-electron chi connectivity index (χ3n) is 3.86. The number of thiophene rings is 1. The highest BCUT2D eigenvalue weighted by molar-refractivity contribution is 7.16. The molecule has 1 fully saturated rings. The van der Waals surface area contributed by atoms with E-state index < -0.39 is 0 Å². The van der Waals surface area contributed by atoms with Crippen molar-refractivity contribution < 1.29 is 4.79 Å². The van der Waals surface area contributed by atoms with Crippen LogP contribution >= 0.6 is 11.3 Å². The SMILES string of the molecule is Cc1sc(NC(=O)CN(CCC#N)C2CC2)c(C)c1C. The molecule has 20 heavy (non-hydrogen) atoms. The summed E-state index contributed by atoms with van der Waals surface area (Å²) in [5.74, 6) is 0.0270. The van der Waals surface area contributed by atoms with Gasteiger partial charge in [-0.1, -0.05) is 0 Å². The molecule has 1 aromatic rings. The summed E-state index contributed by atoms with van der Waals surface area (Å²) in [6.07, 6.45) is 2.78. The van der Waals surface area contributed by atoms with E-state index in [2.05, 4.69) is 30.1 Å². The zero-order valence-electron chi connectivity index (χ0n) is 12.3. The lowest BCUT2D eigenvalue weighted by Crippen LogP contribution is -2.35. The van der Waals surface area contributed by atoms with E-state index in [-0.39, 0.29) is 5.91 Å². The number of nitrogens with zero attached hydrogens (tertiary/aromatic N) is 2. The normalized spacial score (nSPS) is 14.3. The van der Waals surface area contributed by atoms with E-state index in [1.165, 1.54) is 10.4 Å². The van der Waals surface area contributed by atoms with Gasteiger partial charge >= 0.3 is 0 Å². The molecular weight excluding hydrogens is 270 g/mol. The lowest BCUT2D eigenvalue weighted by Gasteiger charge is -2.19. The van der Waals surface area contributed by atoms with Crippen LogP contribution in [0.2, 0.25) is 0 Å². The molecule has 1 aromatic heterocycles. The average molecular weight is 291 g/mol. The average Bonchev–Trinajstić information content (AvgIpc) is 3.21. The minimum atomic E-state index is 0.0270. The molecule has 108 valence electrons. The Morgan fingerprint density at radius 2 is 2.10 bits per heavy atom. The van der Waals surface area contributed by atoms with Gasteiger partial charge in [0.15, 0.2) is 0 Å². The van der Waals surface area contributed by atoms with Gasteiger partial charge in [-0.2, -0.15) is 5.26 Å². The molecule has 1 aliphatic rings. The van der Waals surface area contributed by atoms with Crippen molar-refractivity contribution in [2.75, 3.05) is 18.4 Å². The number of aryl methyl sites for hydroxylation is 1. The van der Waals surface area contributed by atoms with Gasteiger partial charge in [-0.3, -0.25) is 9.69 Å². The first-order valence-electron chi connectivity index (χ1n) is 7.00. The minimum Gasteiger partial charge on any atom is -0.316 e. The van der Waals surface area contributed by atoms with E-state index >= 15 is 0 Å². The van der Waals surface area contributed by atoms with Crippen molar-refractivity contribution in [3.05, 3.63) is 16.0 Å². The van der Waals surface area contributed by atoms with E-state index in [4.69, 9.17) is 5.26 Å². The molecule has 1 N–H and O–H groups in total. The highest BCUT2D eigenvalue weighted by Gasteiger charge is 2.30. The van der Waals surface area contributed by atoms with Gasteiger partial charge in [0.2, 0.25) is 5.91 Å². The molecule has 1 heterocycles. The lowest BCUT2D eigenvalue weighted by molar-refractivity contribution is -0.117. The zero-order chi connectivity index (χ0) is 14.7. The standard InChI is InChI=1S/C15H21N3OS/c1-10-11(2)15(20-12(10)3)17-14(19)9-18(8-4-7-16)13-5-6-13/h13H,4-6,8-9H2,1-3H3,(H,17,19). The van der Waals surface area contributed by atoms with Gasteiger partial charge in [-0.15, -0.1) is 11.3 Å². The van der Waals surface area contributed by atoms with Gasteiger partial charge in [0.1, 0.15) is 0 Å². The van der Waals surface area contributed by atoms with Gasteiger partial charge in [0.05, 0.1) is 17.6 Å². The van der Waals surface area contributed by atoms with E-state index in [0.29, 0.717) is 25.6 Å². The van der Waals surface area contributed by atoms with Gasteiger partial charge in [0.25, 0.3) is 0 Å². The molecule has 0 saturated heterocycles. The molecule has 0 aromatic carbocycles. The van der Waals surface area contributed by atoms with Crippen molar-refractivity contribution in [2.45, 2.75) is 46.1 Å². The topological polar surface area (TPSA) is 56.1 Å². The summed E-state index contributed by atoms with van der Waals surface area (Å²) in [6.45, 7) is 7.28. The lowest BCUT2D eigenvalue weighted by atomic mass is 10.2. The molecule has 0 unspecified atom stereocenters. The predicted octanol–water partition coefficient (Wildman–Crippen LogP) is 2.99. The molecular formula is C15H21N3OS. The van der Waals surface area contributed by atoms with E-state index in [9.17, 15) is 4.79 Å². The van der Waals surface area contributed by atoms with E-state index in [1.807, 2.05) is 6.92 Å². The molecule has 0 radical (unpaired) electrons. The van der Waals surface area contributed by atoms with Gasteiger partial charge in [-0.05, 0) is 44.7 Å². The summed E-state index contributed by atoms with van der Waals surface area (Å²) in [4.78, 5) is 15.5. The Morgan fingerprint density at radius 3 is 2.60 bits per heavy atom. The van der Waals surface area contributed by atoms with E-state index in [1.54, 1.807) is 11.3 Å². The van der Waals surface area contributed by atoms with Crippen LogP contribution in [0.1, 0.15) is 35.3 Å². The second kappa shape index (κ2) is 6.38. The fourth-order valence-electron chi connectivity index (χ4n) is 2.23. The molecule has 0 spiro atoms. The van der Waals surface area contributed by atoms with E-state index in [0.717, 1.165) is 23.4 Å². The number of carbonyl (C=O) groups is 1. The van der Waals surface area contributed by atoms with Crippen LogP contribution in [0.25, 0.3) is 0 Å². The van der Waals surface area contributed by atoms with Crippen LogP contribution in [0, 0.1) is 32.1 Å². The van der Waals surface area contributed by atoms with Crippen molar-refractivity contribution >= 4 is 22.2 Å². The molecule has 2 rings (SSSR count). The van der Waals surface area contributed by atoms with Gasteiger partial charge in [-0.25, -0.2) is 0 Å². The maximum Gasteiger partial charge on any atom is 0.239 e. The quantitative estimate of drug-likeness (QED) is 0.876. The van der Waals surface area contributed by atoms with Crippen LogP contribution in [-0.2, 0) is 4.79 Å². The summed E-state index contributed by atoms with van der Waals surface area (Å²) in [6, 6.07) is 2.65. The summed E-state index contributed by atoms with van der Waals surface area (Å²) in [5, 5.41) is 12.7. The molecule has 1 aliphatic carbocycles. The summed E-state index contributed by atoms with van der Waals surface area (Å²) < 4.78 is 0. The third-order valence-corrected chi connectivity index (χ3v) is 5.08. The number of nitriles is 1. The Hall–Kier alpha value is -1.38. The van der Waals surface area contributed by atoms with Gasteiger partial charge < -0.3 is 5.32 Å². The number of rotatable bonds is 6. The number of nitrogens with one attached hydrogen (secondary N) is 1. The number of anilines is 1. The fourth-order valence-corrected chi connectivity index (χ4v) is 3.32. The van der Waals surface area contributed by atoms with Crippen molar-refractivity contribution in [1.29, 1.82) is 5.26 Å². The maximum atomic E-state index is 12.2. The number of hydrogen-bond donors (Lipinski definition) is 1.